The third kappa shape index (κ3) is 4.47. The van der Waals surface area contributed by atoms with Crippen LogP contribution in [0.5, 0.6) is 17.2 Å². The van der Waals surface area contributed by atoms with Gasteiger partial charge in [0.25, 0.3) is 5.56 Å². The van der Waals surface area contributed by atoms with E-state index in [2.05, 4.69) is 11.9 Å². The van der Waals surface area contributed by atoms with E-state index in [1.165, 1.54) is 11.3 Å². The van der Waals surface area contributed by atoms with Gasteiger partial charge in [-0.2, -0.15) is 0 Å². The zero-order chi connectivity index (χ0) is 23.5. The van der Waals surface area contributed by atoms with Crippen LogP contribution < -0.4 is 24.3 Å². The van der Waals surface area contributed by atoms with Gasteiger partial charge in [-0.25, -0.2) is 9.38 Å². The molecule has 0 fully saturated rings. The maximum Gasteiger partial charge on any atom is 0.274 e. The Hall–Kier alpha value is -3.84. The Morgan fingerprint density at radius 1 is 0.971 bits per heavy atom. The second-order valence-corrected chi connectivity index (χ2v) is 9.09. The van der Waals surface area contributed by atoms with Crippen molar-refractivity contribution in [2.24, 2.45) is 5.92 Å². The summed E-state index contributed by atoms with van der Waals surface area (Å²) in [5, 5.41) is 0. The molecular formula is C27H24N2O4S. The van der Waals surface area contributed by atoms with E-state index in [9.17, 15) is 4.79 Å². The second-order valence-electron chi connectivity index (χ2n) is 8.08. The molecule has 172 valence electrons. The summed E-state index contributed by atoms with van der Waals surface area (Å²) >= 11 is 1.38. The number of rotatable bonds is 8. The second kappa shape index (κ2) is 9.57. The zero-order valence-electron chi connectivity index (χ0n) is 18.9. The Morgan fingerprint density at radius 3 is 2.56 bits per heavy atom. The molecule has 0 spiro atoms. The van der Waals surface area contributed by atoms with Crippen LogP contribution in [0.3, 0.4) is 0 Å². The van der Waals surface area contributed by atoms with Gasteiger partial charge in [-0.15, -0.1) is 0 Å². The van der Waals surface area contributed by atoms with E-state index in [1.807, 2.05) is 78.9 Å². The lowest BCUT2D eigenvalue weighted by atomic mass is 10.2. The predicted octanol–water partition coefficient (Wildman–Crippen LogP) is 4.56. The summed E-state index contributed by atoms with van der Waals surface area (Å²) in [6.07, 6.45) is 1.86. The fraction of sp³-hybridized carbons (Fsp3) is 0.185. The maximum absolute atomic E-state index is 13.0. The van der Waals surface area contributed by atoms with Crippen molar-refractivity contribution >= 4 is 33.4 Å². The van der Waals surface area contributed by atoms with Crippen molar-refractivity contribution in [3.63, 3.8) is 0 Å². The number of hydrogen-bond donors (Lipinski definition) is 0. The fourth-order valence-electron chi connectivity index (χ4n) is 3.69. The molecule has 0 N–H and O–H groups in total. The van der Waals surface area contributed by atoms with Crippen LogP contribution in [0, 0.1) is 5.92 Å². The smallest absolute Gasteiger partial charge is 0.274 e. The molecule has 0 amide bonds. The van der Waals surface area contributed by atoms with Crippen LogP contribution in [0.2, 0.25) is 0 Å². The topological polar surface area (TPSA) is 62.1 Å². The highest BCUT2D eigenvalue weighted by molar-refractivity contribution is 7.15. The minimum absolute atomic E-state index is 0.0692. The quantitative estimate of drug-likeness (QED) is 0.331. The van der Waals surface area contributed by atoms with Crippen molar-refractivity contribution in [1.82, 2.24) is 9.38 Å². The van der Waals surface area contributed by atoms with Gasteiger partial charge < -0.3 is 14.2 Å². The minimum Gasteiger partial charge on any atom is -0.493 e. The van der Waals surface area contributed by atoms with Gasteiger partial charge in [-0.1, -0.05) is 54.7 Å². The molecule has 5 rings (SSSR count). The molecule has 0 saturated heterocycles. The molecule has 0 aliphatic rings. The summed E-state index contributed by atoms with van der Waals surface area (Å²) in [6, 6.07) is 23.1. The van der Waals surface area contributed by atoms with E-state index in [4.69, 9.17) is 14.2 Å². The van der Waals surface area contributed by atoms with Gasteiger partial charge in [0, 0.05) is 5.92 Å². The molecule has 0 aliphatic carbocycles. The van der Waals surface area contributed by atoms with Crippen molar-refractivity contribution in [1.29, 1.82) is 0 Å². The molecule has 0 radical (unpaired) electrons. The number of thiazole rings is 1. The van der Waals surface area contributed by atoms with Crippen molar-refractivity contribution in [3.05, 3.63) is 93.2 Å². The van der Waals surface area contributed by atoms with Gasteiger partial charge >= 0.3 is 0 Å². The largest absolute Gasteiger partial charge is 0.493 e. The summed E-state index contributed by atoms with van der Waals surface area (Å²) < 4.78 is 19.6. The molecule has 0 unspecified atom stereocenters. The van der Waals surface area contributed by atoms with Crippen LogP contribution >= 0.6 is 11.3 Å². The van der Waals surface area contributed by atoms with E-state index in [-0.39, 0.29) is 11.5 Å². The molecule has 1 atom stereocenters. The monoisotopic (exact) mass is 472 g/mol. The lowest BCUT2D eigenvalue weighted by Gasteiger charge is -2.16. The Morgan fingerprint density at radius 2 is 1.74 bits per heavy atom. The lowest BCUT2D eigenvalue weighted by Crippen LogP contribution is -2.22. The first-order chi connectivity index (χ1) is 16.6. The average Bonchev–Trinajstić information content (AvgIpc) is 3.38. The lowest BCUT2D eigenvalue weighted by molar-refractivity contribution is 0.184. The molecule has 7 heteroatoms. The molecule has 0 aliphatic heterocycles. The fourth-order valence-corrected chi connectivity index (χ4v) is 4.68. The van der Waals surface area contributed by atoms with E-state index >= 15 is 0 Å². The summed E-state index contributed by atoms with van der Waals surface area (Å²) in [5.74, 6) is 2.31. The molecule has 34 heavy (non-hydrogen) atoms. The first-order valence-electron chi connectivity index (χ1n) is 11.0. The summed E-state index contributed by atoms with van der Waals surface area (Å²) in [4.78, 5) is 18.3. The summed E-state index contributed by atoms with van der Waals surface area (Å²) in [5.41, 5.74) is 2.44. The van der Waals surface area contributed by atoms with Gasteiger partial charge in [0.2, 0.25) is 0 Å². The molecule has 3 aromatic carbocycles. The van der Waals surface area contributed by atoms with Crippen LogP contribution in [0.15, 0.2) is 77.6 Å². The number of para-hydroxylation sites is 3. The normalized spacial score (nSPS) is 12.8. The van der Waals surface area contributed by atoms with Crippen LogP contribution in [0.4, 0.5) is 0 Å². The highest BCUT2D eigenvalue weighted by atomic mass is 32.1. The number of aromatic nitrogens is 2. The van der Waals surface area contributed by atoms with Crippen LogP contribution in [0.25, 0.3) is 22.1 Å². The van der Waals surface area contributed by atoms with E-state index in [0.717, 1.165) is 22.3 Å². The zero-order valence-corrected chi connectivity index (χ0v) is 19.7. The standard InChI is InChI=1S/C27H24N2O4S/c1-18(16-32-20-8-4-3-5-9-20)17-33-23-13-12-19(14-24(23)31-2)15-25-26(30)29-22-11-7-6-10-21(22)28-27(29)34-25/h3-15,18H,16-17H2,1-2H3/t18-/m1/s1. The molecule has 6 nitrogen and oxygen atoms in total. The predicted molar refractivity (Wildman–Crippen MR) is 135 cm³/mol. The SMILES string of the molecule is COc1cc(C=c2sc3nc4ccccc4n3c2=O)ccc1OC[C@H](C)COc1ccccc1. The number of methoxy groups -OCH3 is 1. The molecule has 0 saturated carbocycles. The Kier molecular flexibility index (Phi) is 6.18. The van der Waals surface area contributed by atoms with Crippen LogP contribution in [0.1, 0.15) is 12.5 Å². The van der Waals surface area contributed by atoms with Gasteiger partial charge in [-0.3, -0.25) is 4.79 Å². The molecular weight excluding hydrogens is 448 g/mol. The van der Waals surface area contributed by atoms with Crippen molar-refractivity contribution in [3.8, 4) is 17.2 Å². The molecule has 2 heterocycles. The Bertz CT molecular complexity index is 1540. The maximum atomic E-state index is 13.0. The van der Waals surface area contributed by atoms with Crippen LogP contribution in [-0.4, -0.2) is 29.7 Å². The molecule has 2 aromatic heterocycles. The minimum atomic E-state index is -0.0692. The highest BCUT2D eigenvalue weighted by Gasteiger charge is 2.12. The molecule has 5 aromatic rings. The van der Waals surface area contributed by atoms with Crippen LogP contribution in [-0.2, 0) is 0 Å². The van der Waals surface area contributed by atoms with Crippen molar-refractivity contribution < 1.29 is 14.2 Å². The average molecular weight is 473 g/mol. The number of imidazole rings is 1. The van der Waals surface area contributed by atoms with E-state index < -0.39 is 0 Å². The number of hydrogen-bond acceptors (Lipinski definition) is 6. The van der Waals surface area contributed by atoms with Gasteiger partial charge in [0.1, 0.15) is 5.75 Å². The van der Waals surface area contributed by atoms with Crippen molar-refractivity contribution in [2.75, 3.05) is 20.3 Å². The third-order valence-corrected chi connectivity index (χ3v) is 6.40. The summed E-state index contributed by atoms with van der Waals surface area (Å²) in [7, 11) is 1.61. The first kappa shape index (κ1) is 22.0. The van der Waals surface area contributed by atoms with Crippen molar-refractivity contribution in [2.45, 2.75) is 6.92 Å². The van der Waals surface area contributed by atoms with Gasteiger partial charge in [-0.05, 0) is 48.0 Å². The highest BCUT2D eigenvalue weighted by Crippen LogP contribution is 2.29. The summed E-state index contributed by atoms with van der Waals surface area (Å²) in [6.45, 7) is 3.12. The number of ether oxygens (including phenoxy) is 3. The third-order valence-electron chi connectivity index (χ3n) is 5.43. The molecule has 0 bridgehead atoms. The number of fused-ring (bicyclic) bond motifs is 3. The van der Waals surface area contributed by atoms with Gasteiger partial charge in [0.05, 0.1) is 35.9 Å². The Balaban J connectivity index is 1.32. The Labute approximate surface area is 200 Å². The number of nitrogens with zero attached hydrogens (tertiary/aromatic N) is 2. The number of benzene rings is 3. The van der Waals surface area contributed by atoms with Gasteiger partial charge in [0.15, 0.2) is 16.5 Å². The van der Waals surface area contributed by atoms with E-state index in [1.54, 1.807) is 11.5 Å². The first-order valence-corrected chi connectivity index (χ1v) is 11.8. The van der Waals surface area contributed by atoms with E-state index in [0.29, 0.717) is 34.2 Å².